The van der Waals surface area contributed by atoms with E-state index in [2.05, 4.69) is 10.1 Å². The quantitative estimate of drug-likeness (QED) is 0.482. The molecule has 15 heavy (non-hydrogen) atoms. The lowest BCUT2D eigenvalue weighted by molar-refractivity contribution is -0.146. The van der Waals surface area contributed by atoms with Crippen LogP contribution < -0.4 is 5.32 Å². The molecule has 5 heteroatoms. The Balaban J connectivity index is 2.27. The maximum atomic E-state index is 11.4. The fraction of sp³-hybridized carbons (Fsp3) is 0.800. The number of aliphatic hydroxyl groups is 1. The van der Waals surface area contributed by atoms with Crippen LogP contribution in [0.1, 0.15) is 32.6 Å². The molecule has 86 valence electrons. The molecule has 0 unspecified atom stereocenters. The molecule has 0 aromatic carbocycles. The summed E-state index contributed by atoms with van der Waals surface area (Å²) < 4.78 is 4.66. The Kier molecular flexibility index (Phi) is 4.08. The van der Waals surface area contributed by atoms with Crippen molar-refractivity contribution in [3.63, 3.8) is 0 Å². The van der Waals surface area contributed by atoms with E-state index in [9.17, 15) is 9.59 Å². The van der Waals surface area contributed by atoms with E-state index in [1.165, 1.54) is 0 Å². The number of amides is 1. The molecular weight excluding hydrogens is 198 g/mol. The van der Waals surface area contributed by atoms with Crippen LogP contribution in [0.5, 0.6) is 0 Å². The molecule has 1 aliphatic carbocycles. The van der Waals surface area contributed by atoms with Gasteiger partial charge in [0.1, 0.15) is 6.42 Å². The summed E-state index contributed by atoms with van der Waals surface area (Å²) in [6.07, 6.45) is 2.08. The topological polar surface area (TPSA) is 75.6 Å². The van der Waals surface area contributed by atoms with E-state index in [0.717, 1.165) is 12.8 Å². The summed E-state index contributed by atoms with van der Waals surface area (Å²) >= 11 is 0. The van der Waals surface area contributed by atoms with Gasteiger partial charge in [-0.05, 0) is 26.2 Å². The zero-order valence-electron chi connectivity index (χ0n) is 8.91. The van der Waals surface area contributed by atoms with Gasteiger partial charge >= 0.3 is 5.97 Å². The molecule has 0 aromatic heterocycles. The Morgan fingerprint density at radius 3 is 2.60 bits per heavy atom. The predicted molar refractivity (Wildman–Crippen MR) is 53.1 cm³/mol. The van der Waals surface area contributed by atoms with Gasteiger partial charge in [0.15, 0.2) is 0 Å². The van der Waals surface area contributed by atoms with Gasteiger partial charge in [-0.2, -0.15) is 0 Å². The lowest BCUT2D eigenvalue weighted by Gasteiger charge is -2.15. The van der Waals surface area contributed by atoms with Crippen molar-refractivity contribution in [1.82, 2.24) is 5.32 Å². The standard InChI is InChI=1S/C10H17NO4/c1-2-15-9(14)7-8(13)11-10(3-4-10)5-6-12/h12H,2-7H2,1H3,(H,11,13). The highest BCUT2D eigenvalue weighted by molar-refractivity contribution is 5.94. The van der Waals surface area contributed by atoms with Crippen LogP contribution in [-0.2, 0) is 14.3 Å². The summed E-state index contributed by atoms with van der Waals surface area (Å²) in [5.41, 5.74) is -0.252. The first-order valence-electron chi connectivity index (χ1n) is 5.19. The lowest BCUT2D eigenvalue weighted by atomic mass is 10.2. The molecule has 0 aliphatic heterocycles. The number of hydrogen-bond donors (Lipinski definition) is 2. The summed E-state index contributed by atoms with van der Waals surface area (Å²) in [5, 5.41) is 11.5. The average Bonchev–Trinajstić information content (AvgIpc) is 2.85. The van der Waals surface area contributed by atoms with Crippen molar-refractivity contribution in [2.24, 2.45) is 0 Å². The van der Waals surface area contributed by atoms with Gasteiger partial charge in [0.05, 0.1) is 6.61 Å². The normalized spacial score (nSPS) is 16.9. The van der Waals surface area contributed by atoms with E-state index < -0.39 is 5.97 Å². The molecule has 0 atom stereocenters. The fourth-order valence-corrected chi connectivity index (χ4v) is 1.49. The number of aliphatic hydroxyl groups excluding tert-OH is 1. The van der Waals surface area contributed by atoms with E-state index in [1.807, 2.05) is 0 Å². The van der Waals surface area contributed by atoms with Crippen LogP contribution in [0.15, 0.2) is 0 Å². The minimum Gasteiger partial charge on any atom is -0.466 e. The summed E-state index contributed by atoms with van der Waals surface area (Å²) in [6.45, 7) is 2.04. The molecule has 0 bridgehead atoms. The summed E-state index contributed by atoms with van der Waals surface area (Å²) in [5.74, 6) is -0.825. The summed E-state index contributed by atoms with van der Waals surface area (Å²) in [4.78, 5) is 22.4. The van der Waals surface area contributed by atoms with E-state index in [1.54, 1.807) is 6.92 Å². The lowest BCUT2D eigenvalue weighted by Crippen LogP contribution is -2.38. The molecule has 0 saturated heterocycles. The Bertz CT molecular complexity index is 248. The zero-order valence-corrected chi connectivity index (χ0v) is 8.91. The highest BCUT2D eigenvalue weighted by atomic mass is 16.5. The highest BCUT2D eigenvalue weighted by Gasteiger charge is 2.43. The minimum absolute atomic E-state index is 0.0552. The molecule has 1 rings (SSSR count). The third-order valence-corrected chi connectivity index (χ3v) is 2.46. The third kappa shape index (κ3) is 3.87. The Labute approximate surface area is 88.8 Å². The Morgan fingerprint density at radius 1 is 1.47 bits per heavy atom. The minimum atomic E-state index is -0.505. The number of hydrogen-bond acceptors (Lipinski definition) is 4. The SMILES string of the molecule is CCOC(=O)CC(=O)NC1(CCO)CC1. The maximum absolute atomic E-state index is 11.4. The van der Waals surface area contributed by atoms with E-state index in [-0.39, 0.29) is 31.1 Å². The van der Waals surface area contributed by atoms with Crippen molar-refractivity contribution < 1.29 is 19.4 Å². The van der Waals surface area contributed by atoms with Crippen LogP contribution in [0.4, 0.5) is 0 Å². The van der Waals surface area contributed by atoms with Gasteiger partial charge in [0.25, 0.3) is 0 Å². The molecule has 0 spiro atoms. The second-order valence-corrected chi connectivity index (χ2v) is 3.78. The molecule has 2 N–H and O–H groups in total. The van der Waals surface area contributed by atoms with E-state index in [0.29, 0.717) is 6.42 Å². The molecule has 1 saturated carbocycles. The van der Waals surface area contributed by atoms with E-state index in [4.69, 9.17) is 5.11 Å². The van der Waals surface area contributed by atoms with Crippen LogP contribution >= 0.6 is 0 Å². The second-order valence-electron chi connectivity index (χ2n) is 3.78. The highest BCUT2D eigenvalue weighted by Crippen LogP contribution is 2.38. The van der Waals surface area contributed by atoms with Gasteiger partial charge in [-0.1, -0.05) is 0 Å². The summed E-state index contributed by atoms with van der Waals surface area (Å²) in [7, 11) is 0. The van der Waals surface area contributed by atoms with Crippen molar-refractivity contribution in [1.29, 1.82) is 0 Å². The van der Waals surface area contributed by atoms with Gasteiger partial charge in [-0.25, -0.2) is 0 Å². The molecule has 0 heterocycles. The molecule has 1 fully saturated rings. The number of esters is 1. The monoisotopic (exact) mass is 215 g/mol. The first kappa shape index (κ1) is 12.0. The van der Waals surface area contributed by atoms with Gasteiger partial charge in [-0.15, -0.1) is 0 Å². The van der Waals surface area contributed by atoms with Crippen LogP contribution in [-0.4, -0.2) is 35.7 Å². The Hall–Kier alpha value is -1.10. The first-order chi connectivity index (χ1) is 7.12. The average molecular weight is 215 g/mol. The number of carbonyl (C=O) groups is 2. The van der Waals surface area contributed by atoms with Crippen molar-refractivity contribution in [2.45, 2.75) is 38.1 Å². The van der Waals surface area contributed by atoms with Gasteiger partial charge < -0.3 is 15.2 Å². The van der Waals surface area contributed by atoms with Crippen molar-refractivity contribution in [2.75, 3.05) is 13.2 Å². The van der Waals surface area contributed by atoms with Crippen LogP contribution in [0.3, 0.4) is 0 Å². The largest absolute Gasteiger partial charge is 0.466 e. The zero-order chi connectivity index (χ0) is 11.3. The molecule has 5 nitrogen and oxygen atoms in total. The predicted octanol–water partition coefficient (Wildman–Crippen LogP) is -0.0292. The van der Waals surface area contributed by atoms with Crippen LogP contribution in [0, 0.1) is 0 Å². The smallest absolute Gasteiger partial charge is 0.315 e. The maximum Gasteiger partial charge on any atom is 0.315 e. The van der Waals surface area contributed by atoms with Crippen molar-refractivity contribution in [3.8, 4) is 0 Å². The van der Waals surface area contributed by atoms with Crippen molar-refractivity contribution >= 4 is 11.9 Å². The van der Waals surface area contributed by atoms with Crippen LogP contribution in [0.25, 0.3) is 0 Å². The third-order valence-electron chi connectivity index (χ3n) is 2.46. The molecule has 0 aromatic rings. The van der Waals surface area contributed by atoms with Crippen molar-refractivity contribution in [3.05, 3.63) is 0 Å². The first-order valence-corrected chi connectivity index (χ1v) is 5.19. The number of ether oxygens (including phenoxy) is 1. The number of rotatable bonds is 6. The Morgan fingerprint density at radius 2 is 2.13 bits per heavy atom. The van der Waals surface area contributed by atoms with Crippen LogP contribution in [0.2, 0.25) is 0 Å². The summed E-state index contributed by atoms with van der Waals surface area (Å²) in [6, 6.07) is 0. The molecule has 1 aliphatic rings. The fourth-order valence-electron chi connectivity index (χ4n) is 1.49. The molecule has 0 radical (unpaired) electrons. The van der Waals surface area contributed by atoms with Gasteiger partial charge in [0.2, 0.25) is 5.91 Å². The number of carbonyl (C=O) groups excluding carboxylic acids is 2. The van der Waals surface area contributed by atoms with Gasteiger partial charge in [-0.3, -0.25) is 9.59 Å². The molecule has 1 amide bonds. The van der Waals surface area contributed by atoms with Gasteiger partial charge in [0, 0.05) is 12.1 Å². The molecular formula is C10H17NO4. The van der Waals surface area contributed by atoms with E-state index >= 15 is 0 Å². The second kappa shape index (κ2) is 5.11. The number of nitrogens with one attached hydrogen (secondary N) is 1.